The van der Waals surface area contributed by atoms with Gasteiger partial charge in [0.05, 0.1) is 0 Å². The Kier molecular flexibility index (Phi) is 11.5. The Morgan fingerprint density at radius 3 is 2.11 bits per heavy atom. The van der Waals surface area contributed by atoms with Crippen molar-refractivity contribution in [1.29, 1.82) is 0 Å². The Bertz CT molecular complexity index is 1140. The van der Waals surface area contributed by atoms with Gasteiger partial charge in [0.2, 0.25) is 0 Å². The van der Waals surface area contributed by atoms with Crippen molar-refractivity contribution in [2.75, 3.05) is 32.0 Å². The molecule has 1 fully saturated rings. The number of aliphatic hydroxyl groups excluding tert-OH is 1. The molecule has 0 amide bonds. The van der Waals surface area contributed by atoms with Gasteiger partial charge >= 0.3 is 0 Å². The van der Waals surface area contributed by atoms with E-state index in [2.05, 4.69) is 17.0 Å². The van der Waals surface area contributed by atoms with E-state index in [9.17, 15) is 9.50 Å². The molecular weight excluding hydrogens is 514 g/mol. The fraction of sp³-hybridized carbons (Fsp3) is 0.379. The third-order valence-electron chi connectivity index (χ3n) is 6.94. The summed E-state index contributed by atoms with van der Waals surface area (Å²) in [6.07, 6.45) is 1.54. The molecule has 1 aliphatic rings. The van der Waals surface area contributed by atoms with Gasteiger partial charge in [-0.05, 0) is 117 Å². The van der Waals surface area contributed by atoms with Gasteiger partial charge in [0.1, 0.15) is 35.8 Å². The summed E-state index contributed by atoms with van der Waals surface area (Å²) in [4.78, 5) is 2.31. The summed E-state index contributed by atoms with van der Waals surface area (Å²) in [6, 6.07) is 16.1. The molecule has 1 atom stereocenters. The van der Waals surface area contributed by atoms with Crippen LogP contribution in [0.1, 0.15) is 41.0 Å². The number of nitrogens with zero attached hydrogens (tertiary/aromatic N) is 1. The lowest BCUT2D eigenvalue weighted by molar-refractivity contribution is 0.0590. The minimum atomic E-state index is -0.550. The van der Waals surface area contributed by atoms with Crippen LogP contribution in [0.15, 0.2) is 54.6 Å². The van der Waals surface area contributed by atoms with Gasteiger partial charge in [0.15, 0.2) is 0 Å². The molecule has 0 aliphatic carbocycles. The summed E-state index contributed by atoms with van der Waals surface area (Å²) in [5.74, 6) is 2.39. The lowest BCUT2D eigenvalue weighted by Gasteiger charge is -2.33. The number of anilines is 1. The Hall–Kier alpha value is -2.51. The molecule has 3 aromatic carbocycles. The van der Waals surface area contributed by atoms with E-state index >= 15 is 0 Å². The number of aryl methyl sites for hydroxylation is 1. The van der Waals surface area contributed by atoms with E-state index in [0.717, 1.165) is 59.8 Å². The van der Waals surface area contributed by atoms with E-state index in [0.29, 0.717) is 18.2 Å². The van der Waals surface area contributed by atoms with Gasteiger partial charge in [-0.2, -0.15) is 0 Å². The van der Waals surface area contributed by atoms with E-state index in [-0.39, 0.29) is 37.2 Å². The molecule has 202 valence electrons. The minimum Gasteiger partial charge on any atom is -0.490 e. The number of piperidine rings is 1. The zero-order valence-electron chi connectivity index (χ0n) is 21.6. The van der Waals surface area contributed by atoms with E-state index in [1.807, 2.05) is 39.0 Å². The van der Waals surface area contributed by atoms with Crippen molar-refractivity contribution in [3.8, 4) is 17.2 Å². The highest BCUT2D eigenvalue weighted by atomic mass is 35.5. The second-order valence-electron chi connectivity index (χ2n) is 9.53. The molecule has 3 aromatic rings. The standard InChI is InChI=1S/C29H35FN2O3.2ClH/c1-19-16-28(31)20(2)21(3)29(19)34-18-25(33)17-32-14-12-23(13-15-32)22-4-8-26(9-5-22)35-27-10-6-24(30)7-11-27;;/h4-11,16,23,25,33H,12-15,17-18,31H2,1-3H3;2*1H. The SMILES string of the molecule is Cc1cc(N)c(C)c(C)c1OCC(O)CN1CCC(c2ccc(Oc3ccc(F)cc3)cc2)CC1.Cl.Cl. The van der Waals surface area contributed by atoms with Gasteiger partial charge in [0.25, 0.3) is 0 Å². The minimum absolute atomic E-state index is 0. The van der Waals surface area contributed by atoms with Crippen LogP contribution in [-0.4, -0.2) is 42.4 Å². The number of β-amino-alcohol motifs (C(OH)–C–C–N with tert-alkyl or cyclic N) is 1. The maximum Gasteiger partial charge on any atom is 0.127 e. The summed E-state index contributed by atoms with van der Waals surface area (Å²) >= 11 is 0. The first-order valence-electron chi connectivity index (χ1n) is 12.2. The average molecular weight is 552 g/mol. The van der Waals surface area contributed by atoms with Crippen molar-refractivity contribution in [2.45, 2.75) is 45.6 Å². The number of likely N-dealkylation sites (tertiary alicyclic amines) is 1. The fourth-order valence-electron chi connectivity index (χ4n) is 4.74. The zero-order valence-corrected chi connectivity index (χ0v) is 23.2. The normalized spacial score (nSPS) is 14.8. The molecule has 0 bridgehead atoms. The van der Waals surface area contributed by atoms with Crippen molar-refractivity contribution in [3.05, 3.63) is 82.7 Å². The number of aliphatic hydroxyl groups is 1. The van der Waals surface area contributed by atoms with Crippen molar-refractivity contribution in [3.63, 3.8) is 0 Å². The second-order valence-corrected chi connectivity index (χ2v) is 9.53. The van der Waals surface area contributed by atoms with E-state index in [1.165, 1.54) is 17.7 Å². The monoisotopic (exact) mass is 550 g/mol. The maximum absolute atomic E-state index is 13.1. The van der Waals surface area contributed by atoms with Crippen LogP contribution in [0.4, 0.5) is 10.1 Å². The summed E-state index contributed by atoms with van der Waals surface area (Å²) in [7, 11) is 0. The molecule has 1 unspecified atom stereocenters. The highest BCUT2D eigenvalue weighted by Crippen LogP contribution is 2.32. The van der Waals surface area contributed by atoms with Crippen LogP contribution in [0, 0.1) is 26.6 Å². The predicted octanol–water partition coefficient (Wildman–Crippen LogP) is 6.59. The van der Waals surface area contributed by atoms with Gasteiger partial charge in [-0.3, -0.25) is 0 Å². The van der Waals surface area contributed by atoms with E-state index in [1.54, 1.807) is 12.1 Å². The van der Waals surface area contributed by atoms with E-state index < -0.39 is 6.10 Å². The molecule has 8 heteroatoms. The first kappa shape index (κ1) is 30.7. The molecule has 1 aliphatic heterocycles. The number of rotatable bonds is 8. The lowest BCUT2D eigenvalue weighted by Crippen LogP contribution is -2.40. The number of ether oxygens (including phenoxy) is 2. The number of nitrogen functional groups attached to an aromatic ring is 1. The Morgan fingerprint density at radius 2 is 1.51 bits per heavy atom. The smallest absolute Gasteiger partial charge is 0.127 e. The van der Waals surface area contributed by atoms with Crippen molar-refractivity contribution < 1.29 is 19.0 Å². The third kappa shape index (κ3) is 7.99. The van der Waals surface area contributed by atoms with Crippen molar-refractivity contribution in [1.82, 2.24) is 4.90 Å². The first-order chi connectivity index (χ1) is 16.8. The molecule has 0 spiro atoms. The van der Waals surface area contributed by atoms with Gasteiger partial charge in [-0.1, -0.05) is 12.1 Å². The summed E-state index contributed by atoms with van der Waals surface area (Å²) in [5.41, 5.74) is 11.2. The summed E-state index contributed by atoms with van der Waals surface area (Å²) in [6.45, 7) is 8.72. The first-order valence-corrected chi connectivity index (χ1v) is 12.2. The fourth-order valence-corrected chi connectivity index (χ4v) is 4.74. The summed E-state index contributed by atoms with van der Waals surface area (Å²) in [5, 5.41) is 10.6. The van der Waals surface area contributed by atoms with Crippen LogP contribution in [0.3, 0.4) is 0 Å². The van der Waals surface area contributed by atoms with Crippen molar-refractivity contribution >= 4 is 30.5 Å². The molecule has 1 saturated heterocycles. The Morgan fingerprint density at radius 1 is 0.946 bits per heavy atom. The number of nitrogens with two attached hydrogens (primary N) is 1. The van der Waals surface area contributed by atoms with E-state index in [4.69, 9.17) is 15.2 Å². The number of benzene rings is 3. The van der Waals surface area contributed by atoms with Crippen LogP contribution < -0.4 is 15.2 Å². The zero-order chi connectivity index (χ0) is 24.9. The maximum atomic E-state index is 13.1. The van der Waals surface area contributed by atoms with Gasteiger partial charge in [-0.15, -0.1) is 24.8 Å². The molecular formula is C29H37Cl2FN2O3. The topological polar surface area (TPSA) is 68.0 Å². The molecule has 1 heterocycles. The van der Waals surface area contributed by atoms with Crippen LogP contribution in [0.2, 0.25) is 0 Å². The second kappa shape index (κ2) is 13.9. The van der Waals surface area contributed by atoms with Crippen LogP contribution in [0.25, 0.3) is 0 Å². The molecule has 37 heavy (non-hydrogen) atoms. The highest BCUT2D eigenvalue weighted by molar-refractivity contribution is 5.85. The summed E-state index contributed by atoms with van der Waals surface area (Å²) < 4.78 is 24.9. The highest BCUT2D eigenvalue weighted by Gasteiger charge is 2.23. The largest absolute Gasteiger partial charge is 0.490 e. The Labute approximate surface area is 231 Å². The molecule has 4 rings (SSSR count). The van der Waals surface area contributed by atoms with Crippen LogP contribution >= 0.6 is 24.8 Å². The van der Waals surface area contributed by atoms with Crippen LogP contribution in [0.5, 0.6) is 17.2 Å². The van der Waals surface area contributed by atoms with Gasteiger partial charge in [0, 0.05) is 12.2 Å². The molecule has 0 radical (unpaired) electrons. The number of halogens is 3. The molecule has 0 saturated carbocycles. The third-order valence-corrected chi connectivity index (χ3v) is 6.94. The predicted molar refractivity (Wildman–Crippen MR) is 152 cm³/mol. The van der Waals surface area contributed by atoms with Crippen molar-refractivity contribution in [2.24, 2.45) is 0 Å². The van der Waals surface area contributed by atoms with Gasteiger partial charge in [-0.25, -0.2) is 4.39 Å². The van der Waals surface area contributed by atoms with Gasteiger partial charge < -0.3 is 25.2 Å². The number of hydrogen-bond donors (Lipinski definition) is 2. The quantitative estimate of drug-likeness (QED) is 0.309. The Balaban J connectivity index is 0.00000241. The molecule has 5 nitrogen and oxygen atoms in total. The molecule has 0 aromatic heterocycles. The number of hydrogen-bond acceptors (Lipinski definition) is 5. The molecule has 3 N–H and O–H groups in total. The lowest BCUT2D eigenvalue weighted by atomic mass is 9.89. The van der Waals surface area contributed by atoms with Crippen LogP contribution in [-0.2, 0) is 0 Å². The average Bonchev–Trinajstić information content (AvgIpc) is 2.85.